The molecule has 1 saturated carbocycles. The van der Waals surface area contributed by atoms with Crippen molar-refractivity contribution in [3.63, 3.8) is 0 Å². The Bertz CT molecular complexity index is 750. The molecule has 1 aliphatic heterocycles. The molecule has 2 fully saturated rings. The molecule has 0 radical (unpaired) electrons. The third-order valence-corrected chi connectivity index (χ3v) is 5.53. The number of aromatic nitrogens is 4. The minimum atomic E-state index is -0.0148. The molecule has 25 heavy (non-hydrogen) atoms. The highest BCUT2D eigenvalue weighted by molar-refractivity contribution is 5.92. The monoisotopic (exact) mass is 338 g/mol. The fourth-order valence-electron chi connectivity index (χ4n) is 4.20. The molecule has 0 spiro atoms. The van der Waals surface area contributed by atoms with Crippen LogP contribution < -0.4 is 4.90 Å². The zero-order valence-corrected chi connectivity index (χ0v) is 14.5. The van der Waals surface area contributed by atoms with Gasteiger partial charge in [-0.15, -0.1) is 5.10 Å². The van der Waals surface area contributed by atoms with Crippen LogP contribution in [0.5, 0.6) is 0 Å². The predicted octanol–water partition coefficient (Wildman–Crippen LogP) is 1.56. The molecule has 130 valence electrons. The van der Waals surface area contributed by atoms with Crippen LogP contribution in [0.15, 0.2) is 30.7 Å². The van der Waals surface area contributed by atoms with Crippen molar-refractivity contribution in [3.05, 3.63) is 42.1 Å². The number of aryl methyl sites for hydroxylation is 1. The topological polar surface area (TPSA) is 75.1 Å². The van der Waals surface area contributed by atoms with Crippen molar-refractivity contribution in [1.29, 1.82) is 0 Å². The van der Waals surface area contributed by atoms with Gasteiger partial charge in [-0.1, -0.05) is 0 Å². The molecular weight excluding hydrogens is 316 g/mol. The largest absolute Gasteiger partial charge is 0.355 e. The third-order valence-electron chi connectivity index (χ3n) is 5.53. The zero-order valence-electron chi connectivity index (χ0n) is 14.5. The molecule has 1 aliphatic carbocycles. The second kappa shape index (κ2) is 6.38. The summed E-state index contributed by atoms with van der Waals surface area (Å²) in [7, 11) is 2.08. The van der Waals surface area contributed by atoms with E-state index in [9.17, 15) is 4.79 Å². The van der Waals surface area contributed by atoms with Crippen molar-refractivity contribution in [3.8, 4) is 0 Å². The summed E-state index contributed by atoms with van der Waals surface area (Å²) in [5.41, 5.74) is 1.35. The number of amides is 1. The van der Waals surface area contributed by atoms with Gasteiger partial charge in [0.25, 0.3) is 5.91 Å². The number of likely N-dealkylation sites (tertiary alicyclic amines) is 1. The molecule has 3 heterocycles. The van der Waals surface area contributed by atoms with Gasteiger partial charge in [-0.3, -0.25) is 9.78 Å². The second-order valence-corrected chi connectivity index (χ2v) is 7.01. The van der Waals surface area contributed by atoms with Gasteiger partial charge < -0.3 is 9.80 Å². The molecule has 0 unspecified atom stereocenters. The maximum absolute atomic E-state index is 12.6. The van der Waals surface area contributed by atoms with Crippen LogP contribution in [0.25, 0.3) is 0 Å². The summed E-state index contributed by atoms with van der Waals surface area (Å²) in [6.07, 6.45) is 6.97. The van der Waals surface area contributed by atoms with Crippen molar-refractivity contribution in [2.75, 3.05) is 25.0 Å². The van der Waals surface area contributed by atoms with Gasteiger partial charge in [0.1, 0.15) is 5.69 Å². The van der Waals surface area contributed by atoms with Crippen LogP contribution in [-0.2, 0) is 0 Å². The summed E-state index contributed by atoms with van der Waals surface area (Å²) in [5.74, 6) is 1.90. The number of hydrogen-bond acceptors (Lipinski definition) is 6. The van der Waals surface area contributed by atoms with Crippen LogP contribution in [0.3, 0.4) is 0 Å². The maximum Gasteiger partial charge on any atom is 0.274 e. The van der Waals surface area contributed by atoms with E-state index in [1.54, 1.807) is 18.6 Å². The quantitative estimate of drug-likeness (QED) is 0.845. The van der Waals surface area contributed by atoms with E-state index in [1.165, 1.54) is 0 Å². The zero-order chi connectivity index (χ0) is 17.4. The number of anilines is 1. The van der Waals surface area contributed by atoms with E-state index in [-0.39, 0.29) is 5.91 Å². The minimum absolute atomic E-state index is 0.0148. The maximum atomic E-state index is 12.6. The molecule has 4 rings (SSSR count). The number of carbonyl (C=O) groups is 1. The number of hydrogen-bond donors (Lipinski definition) is 0. The number of carbonyl (C=O) groups excluding carboxylic acids is 1. The number of fused-ring (bicyclic) bond motifs is 1. The summed E-state index contributed by atoms with van der Waals surface area (Å²) >= 11 is 0. The SMILES string of the molecule is Cc1ccc(N(C)[C@@H]2CC[C@@H]3CN(C(=O)c4cnccn4)C[C@@H]32)nn1. The van der Waals surface area contributed by atoms with E-state index in [0.717, 1.165) is 37.4 Å². The van der Waals surface area contributed by atoms with Crippen LogP contribution in [0, 0.1) is 18.8 Å². The molecule has 2 aromatic heterocycles. The van der Waals surface area contributed by atoms with Gasteiger partial charge >= 0.3 is 0 Å². The Balaban J connectivity index is 1.48. The van der Waals surface area contributed by atoms with E-state index in [2.05, 4.69) is 32.1 Å². The molecule has 0 aromatic carbocycles. The molecular formula is C18H22N6O. The molecule has 0 N–H and O–H groups in total. The van der Waals surface area contributed by atoms with Gasteiger partial charge in [0, 0.05) is 44.5 Å². The van der Waals surface area contributed by atoms with Crippen molar-refractivity contribution in [2.45, 2.75) is 25.8 Å². The third kappa shape index (κ3) is 2.94. The normalized spacial score (nSPS) is 25.0. The van der Waals surface area contributed by atoms with Crippen LogP contribution >= 0.6 is 0 Å². The lowest BCUT2D eigenvalue weighted by Gasteiger charge is -2.30. The fourth-order valence-corrected chi connectivity index (χ4v) is 4.20. The number of rotatable bonds is 3. The van der Waals surface area contributed by atoms with Crippen LogP contribution in [-0.4, -0.2) is 57.2 Å². The summed E-state index contributed by atoms with van der Waals surface area (Å²) in [4.78, 5) is 25.0. The van der Waals surface area contributed by atoms with Crippen LogP contribution in [0.1, 0.15) is 29.0 Å². The first-order valence-corrected chi connectivity index (χ1v) is 8.72. The van der Waals surface area contributed by atoms with Gasteiger partial charge in [0.2, 0.25) is 0 Å². The van der Waals surface area contributed by atoms with Gasteiger partial charge in [0.05, 0.1) is 11.9 Å². The lowest BCUT2D eigenvalue weighted by atomic mass is 9.97. The molecule has 2 aromatic rings. The first-order chi connectivity index (χ1) is 12.1. The van der Waals surface area contributed by atoms with E-state index in [4.69, 9.17) is 0 Å². The van der Waals surface area contributed by atoms with E-state index >= 15 is 0 Å². The van der Waals surface area contributed by atoms with Gasteiger partial charge in [0.15, 0.2) is 5.82 Å². The molecule has 3 atom stereocenters. The Morgan fingerprint density at radius 3 is 2.80 bits per heavy atom. The van der Waals surface area contributed by atoms with Gasteiger partial charge in [-0.2, -0.15) is 5.10 Å². The minimum Gasteiger partial charge on any atom is -0.355 e. The molecule has 7 nitrogen and oxygen atoms in total. The Hall–Kier alpha value is -2.57. The van der Waals surface area contributed by atoms with Crippen LogP contribution in [0.4, 0.5) is 5.82 Å². The standard InChI is InChI=1S/C18H22N6O/c1-12-3-6-17(22-21-12)23(2)16-5-4-13-10-24(11-14(13)16)18(25)15-9-19-7-8-20-15/h3,6-9,13-14,16H,4-5,10-11H2,1-2H3/t13-,14+,16-/m1/s1. The lowest BCUT2D eigenvalue weighted by Crippen LogP contribution is -2.39. The lowest BCUT2D eigenvalue weighted by molar-refractivity contribution is 0.0773. The van der Waals surface area contributed by atoms with E-state index < -0.39 is 0 Å². The highest BCUT2D eigenvalue weighted by Gasteiger charge is 2.46. The summed E-state index contributed by atoms with van der Waals surface area (Å²) < 4.78 is 0. The number of nitrogens with zero attached hydrogens (tertiary/aromatic N) is 6. The summed E-state index contributed by atoms with van der Waals surface area (Å²) in [5, 5.41) is 8.48. The first kappa shape index (κ1) is 15.9. The Kier molecular flexibility index (Phi) is 4.07. The Morgan fingerprint density at radius 1 is 1.20 bits per heavy atom. The fraction of sp³-hybridized carbons (Fsp3) is 0.500. The van der Waals surface area contributed by atoms with E-state index in [0.29, 0.717) is 23.6 Å². The molecule has 0 bridgehead atoms. The van der Waals surface area contributed by atoms with Crippen molar-refractivity contribution >= 4 is 11.7 Å². The van der Waals surface area contributed by atoms with Crippen LogP contribution in [0.2, 0.25) is 0 Å². The predicted molar refractivity (Wildman–Crippen MR) is 93.1 cm³/mol. The smallest absolute Gasteiger partial charge is 0.274 e. The van der Waals surface area contributed by atoms with Gasteiger partial charge in [-0.05, 0) is 37.8 Å². The molecule has 1 amide bonds. The van der Waals surface area contributed by atoms with Crippen molar-refractivity contribution in [2.24, 2.45) is 11.8 Å². The Labute approximate surface area is 147 Å². The molecule has 7 heteroatoms. The van der Waals surface area contributed by atoms with Crippen molar-refractivity contribution < 1.29 is 4.79 Å². The highest BCUT2D eigenvalue weighted by Crippen LogP contribution is 2.41. The highest BCUT2D eigenvalue weighted by atomic mass is 16.2. The van der Waals surface area contributed by atoms with Gasteiger partial charge in [-0.25, -0.2) is 4.98 Å². The average Bonchev–Trinajstić information content (AvgIpc) is 3.22. The second-order valence-electron chi connectivity index (χ2n) is 7.01. The van der Waals surface area contributed by atoms with Crippen molar-refractivity contribution in [1.82, 2.24) is 25.1 Å². The Morgan fingerprint density at radius 2 is 2.08 bits per heavy atom. The summed E-state index contributed by atoms with van der Waals surface area (Å²) in [6, 6.07) is 4.40. The average molecular weight is 338 g/mol. The molecule has 1 saturated heterocycles. The first-order valence-electron chi connectivity index (χ1n) is 8.72. The van der Waals surface area contributed by atoms with E-state index in [1.807, 2.05) is 24.0 Å². The summed E-state index contributed by atoms with van der Waals surface area (Å²) in [6.45, 7) is 3.52. The molecule has 2 aliphatic rings.